The molecule has 0 aliphatic heterocycles. The van der Waals surface area contributed by atoms with E-state index in [-0.39, 0.29) is 28.9 Å². The summed E-state index contributed by atoms with van der Waals surface area (Å²) in [6.45, 7) is 6.95. The van der Waals surface area contributed by atoms with Crippen LogP contribution in [0.5, 0.6) is 0 Å². The van der Waals surface area contributed by atoms with Crippen molar-refractivity contribution in [3.63, 3.8) is 0 Å². The van der Waals surface area contributed by atoms with Crippen LogP contribution < -0.4 is 11.1 Å². The number of nitrogens with one attached hydrogen (secondary N) is 1. The summed E-state index contributed by atoms with van der Waals surface area (Å²) in [6, 6.07) is 12.9. The topological polar surface area (TPSA) is 123 Å². The Morgan fingerprint density at radius 2 is 1.75 bits per heavy atom. The molecule has 8 nitrogen and oxygen atoms in total. The van der Waals surface area contributed by atoms with Crippen molar-refractivity contribution < 1.29 is 13.9 Å². The molecular formula is C27H31FN6O2. The molecule has 2 aromatic carbocycles. The molecule has 36 heavy (non-hydrogen) atoms. The van der Waals surface area contributed by atoms with Crippen LogP contribution in [0.2, 0.25) is 0 Å². The van der Waals surface area contributed by atoms with Crippen LogP contribution in [0.3, 0.4) is 0 Å². The van der Waals surface area contributed by atoms with E-state index in [2.05, 4.69) is 51.5 Å². The van der Waals surface area contributed by atoms with Gasteiger partial charge in [0.15, 0.2) is 11.5 Å². The number of aliphatic hydroxyl groups excluding tert-OH is 1. The first-order valence-electron chi connectivity index (χ1n) is 12.0. The number of anilines is 1. The zero-order valence-electron chi connectivity index (χ0n) is 20.7. The molecule has 0 amide bonds. The standard InChI is InChI=1S/C27H31FN6O2/c1-16(2)4-5-18-6-9-20(10-7-18)23-15-31-25(29)24(32-23)27-34-33-26(36-27)21-11-8-19(12-22(21)28)14-30-13-17(3)35/h6-12,15-17,30,35H,4-5,13-14H2,1-3H3,(H2,29,31)/t17-/m0/s1. The molecule has 2 heterocycles. The minimum Gasteiger partial charge on any atom is -0.414 e. The van der Waals surface area contributed by atoms with Gasteiger partial charge < -0.3 is 20.6 Å². The van der Waals surface area contributed by atoms with Gasteiger partial charge in [0.25, 0.3) is 11.8 Å². The molecule has 0 bridgehead atoms. The van der Waals surface area contributed by atoms with Crippen LogP contribution in [0.25, 0.3) is 34.3 Å². The summed E-state index contributed by atoms with van der Waals surface area (Å²) in [4.78, 5) is 8.86. The van der Waals surface area contributed by atoms with E-state index in [1.165, 1.54) is 11.6 Å². The van der Waals surface area contributed by atoms with Crippen molar-refractivity contribution in [3.05, 3.63) is 65.6 Å². The number of halogens is 1. The molecule has 188 valence electrons. The van der Waals surface area contributed by atoms with Crippen molar-refractivity contribution in [2.24, 2.45) is 5.92 Å². The second-order valence-corrected chi connectivity index (χ2v) is 9.33. The zero-order chi connectivity index (χ0) is 25.7. The van der Waals surface area contributed by atoms with Crippen LogP contribution in [-0.4, -0.2) is 37.9 Å². The van der Waals surface area contributed by atoms with Gasteiger partial charge in [-0.15, -0.1) is 10.2 Å². The van der Waals surface area contributed by atoms with Gasteiger partial charge in [-0.05, 0) is 48.9 Å². The number of aromatic nitrogens is 4. The molecule has 0 fully saturated rings. The third kappa shape index (κ3) is 6.30. The summed E-state index contributed by atoms with van der Waals surface area (Å²) < 4.78 is 20.5. The first-order chi connectivity index (χ1) is 17.3. The fourth-order valence-corrected chi connectivity index (χ4v) is 3.69. The number of benzene rings is 2. The van der Waals surface area contributed by atoms with Crippen LogP contribution in [0, 0.1) is 11.7 Å². The molecule has 0 aliphatic carbocycles. The lowest BCUT2D eigenvalue weighted by Crippen LogP contribution is -2.23. The summed E-state index contributed by atoms with van der Waals surface area (Å²) in [6.07, 6.45) is 3.28. The summed E-state index contributed by atoms with van der Waals surface area (Å²) >= 11 is 0. The third-order valence-electron chi connectivity index (χ3n) is 5.72. The predicted molar refractivity (Wildman–Crippen MR) is 137 cm³/mol. The zero-order valence-corrected chi connectivity index (χ0v) is 20.7. The molecule has 0 saturated carbocycles. The van der Waals surface area contributed by atoms with Crippen molar-refractivity contribution in [2.75, 3.05) is 12.3 Å². The van der Waals surface area contributed by atoms with Crippen LogP contribution in [0.1, 0.15) is 38.3 Å². The Labute approximate surface area is 209 Å². The number of aryl methyl sites for hydroxylation is 1. The molecule has 9 heteroatoms. The number of rotatable bonds is 10. The molecular weight excluding hydrogens is 459 g/mol. The van der Waals surface area contributed by atoms with Crippen LogP contribution in [-0.2, 0) is 13.0 Å². The van der Waals surface area contributed by atoms with Gasteiger partial charge in [-0.25, -0.2) is 14.4 Å². The maximum absolute atomic E-state index is 14.8. The summed E-state index contributed by atoms with van der Waals surface area (Å²) in [7, 11) is 0. The molecule has 2 aromatic heterocycles. The van der Waals surface area contributed by atoms with Crippen molar-refractivity contribution >= 4 is 5.82 Å². The average molecular weight is 491 g/mol. The van der Waals surface area contributed by atoms with Crippen molar-refractivity contribution in [1.82, 2.24) is 25.5 Å². The lowest BCUT2D eigenvalue weighted by molar-refractivity contribution is 0.191. The van der Waals surface area contributed by atoms with Crippen molar-refractivity contribution in [3.8, 4) is 34.3 Å². The fraction of sp³-hybridized carbons (Fsp3) is 0.333. The maximum atomic E-state index is 14.8. The second kappa shape index (κ2) is 11.4. The monoisotopic (exact) mass is 490 g/mol. The van der Waals surface area contributed by atoms with E-state index in [0.29, 0.717) is 24.7 Å². The Kier molecular flexibility index (Phi) is 8.02. The molecule has 0 radical (unpaired) electrons. The molecule has 4 rings (SSSR count). The molecule has 0 unspecified atom stereocenters. The quantitative estimate of drug-likeness (QED) is 0.294. The number of nitrogen functional groups attached to an aromatic ring is 1. The number of nitrogens with zero attached hydrogens (tertiary/aromatic N) is 4. The van der Waals surface area contributed by atoms with Gasteiger partial charge in [0.2, 0.25) is 0 Å². The third-order valence-corrected chi connectivity index (χ3v) is 5.72. The Hall–Kier alpha value is -3.69. The predicted octanol–water partition coefficient (Wildman–Crippen LogP) is 4.64. The molecule has 0 saturated heterocycles. The van der Waals surface area contributed by atoms with E-state index in [0.717, 1.165) is 24.0 Å². The Morgan fingerprint density at radius 3 is 2.44 bits per heavy atom. The highest BCUT2D eigenvalue weighted by atomic mass is 19.1. The average Bonchev–Trinajstić information content (AvgIpc) is 3.33. The number of nitrogens with two attached hydrogens (primary N) is 1. The Bertz CT molecular complexity index is 1300. The molecule has 0 spiro atoms. The first-order valence-corrected chi connectivity index (χ1v) is 12.0. The highest BCUT2D eigenvalue weighted by Gasteiger charge is 2.19. The van der Waals surface area contributed by atoms with Crippen LogP contribution in [0.4, 0.5) is 10.2 Å². The highest BCUT2D eigenvalue weighted by Crippen LogP contribution is 2.29. The Balaban J connectivity index is 1.53. The SMILES string of the molecule is CC(C)CCc1ccc(-c2cnc(N)c(-c3nnc(-c4ccc(CNC[C@H](C)O)cc4F)o3)n2)cc1. The minimum absolute atomic E-state index is 0.0205. The number of hydrogen-bond donors (Lipinski definition) is 3. The highest BCUT2D eigenvalue weighted by molar-refractivity contribution is 5.69. The summed E-state index contributed by atoms with van der Waals surface area (Å²) in [5.41, 5.74) is 9.99. The van der Waals surface area contributed by atoms with Crippen LogP contribution >= 0.6 is 0 Å². The van der Waals surface area contributed by atoms with Crippen molar-refractivity contribution in [2.45, 2.75) is 46.3 Å². The molecule has 4 N–H and O–H groups in total. The van der Waals surface area contributed by atoms with E-state index in [1.54, 1.807) is 25.3 Å². The Morgan fingerprint density at radius 1 is 1.03 bits per heavy atom. The second-order valence-electron chi connectivity index (χ2n) is 9.33. The van der Waals surface area contributed by atoms with Gasteiger partial charge in [0.1, 0.15) is 5.82 Å². The minimum atomic E-state index is -0.494. The van der Waals surface area contributed by atoms with Crippen LogP contribution in [0.15, 0.2) is 53.1 Å². The molecule has 0 aliphatic rings. The van der Waals surface area contributed by atoms with E-state index in [1.807, 2.05) is 12.1 Å². The van der Waals surface area contributed by atoms with Gasteiger partial charge in [-0.3, -0.25) is 0 Å². The fourth-order valence-electron chi connectivity index (χ4n) is 3.69. The molecule has 4 aromatic rings. The van der Waals surface area contributed by atoms with Gasteiger partial charge in [0.05, 0.1) is 23.6 Å². The largest absolute Gasteiger partial charge is 0.414 e. The van der Waals surface area contributed by atoms with Crippen molar-refractivity contribution in [1.29, 1.82) is 0 Å². The van der Waals surface area contributed by atoms with Gasteiger partial charge in [-0.1, -0.05) is 44.2 Å². The van der Waals surface area contributed by atoms with E-state index >= 15 is 0 Å². The van der Waals surface area contributed by atoms with Gasteiger partial charge in [-0.2, -0.15) is 0 Å². The van der Waals surface area contributed by atoms with Gasteiger partial charge in [0, 0.05) is 18.7 Å². The lowest BCUT2D eigenvalue weighted by atomic mass is 10.0. The maximum Gasteiger partial charge on any atom is 0.270 e. The normalized spacial score (nSPS) is 12.3. The van der Waals surface area contributed by atoms with Gasteiger partial charge >= 0.3 is 0 Å². The first kappa shape index (κ1) is 25.4. The lowest BCUT2D eigenvalue weighted by Gasteiger charge is -2.08. The number of aliphatic hydroxyl groups is 1. The summed E-state index contributed by atoms with van der Waals surface area (Å²) in [5, 5.41) is 20.4. The number of hydrogen-bond acceptors (Lipinski definition) is 8. The summed E-state index contributed by atoms with van der Waals surface area (Å²) in [5.74, 6) is 0.382. The van der Waals surface area contributed by atoms with E-state index in [9.17, 15) is 9.50 Å². The smallest absolute Gasteiger partial charge is 0.270 e. The van der Waals surface area contributed by atoms with E-state index in [4.69, 9.17) is 10.2 Å². The van der Waals surface area contributed by atoms with E-state index < -0.39 is 11.9 Å². The molecule has 1 atom stereocenters.